The van der Waals surface area contributed by atoms with Crippen molar-refractivity contribution >= 4 is 62.9 Å². The molecule has 3 aliphatic heterocycles. The molecule has 9 heterocycles. The van der Waals surface area contributed by atoms with Crippen LogP contribution in [0, 0.1) is 22.7 Å². The first-order chi connectivity index (χ1) is 35.9. The van der Waals surface area contributed by atoms with Gasteiger partial charge in [0.25, 0.3) is 0 Å². The van der Waals surface area contributed by atoms with Crippen molar-refractivity contribution in [2.75, 3.05) is 52.6 Å². The van der Waals surface area contributed by atoms with Gasteiger partial charge in [-0.3, -0.25) is 9.97 Å². The second-order valence-electron chi connectivity index (χ2n) is 20.9. The number of hydrogen-bond acceptors (Lipinski definition) is 16. The van der Waals surface area contributed by atoms with Crippen molar-refractivity contribution in [1.29, 1.82) is 10.5 Å². The van der Waals surface area contributed by atoms with Gasteiger partial charge in [0.2, 0.25) is 0 Å². The van der Waals surface area contributed by atoms with Crippen LogP contribution in [0.25, 0.3) is 33.3 Å². The van der Waals surface area contributed by atoms with Crippen molar-refractivity contribution in [3.63, 3.8) is 0 Å². The first-order valence-electron chi connectivity index (χ1n) is 24.5. The maximum Gasteiger partial charge on any atom is 0.496 e. The molecule has 6 aromatic heterocycles. The van der Waals surface area contributed by atoms with E-state index in [1.54, 1.807) is 49.7 Å². The Kier molecular flexibility index (Phi) is 17.3. The number of nitrogens with zero attached hydrogens (tertiary/aromatic N) is 10. The summed E-state index contributed by atoms with van der Waals surface area (Å²) in [4.78, 5) is 37.0. The van der Waals surface area contributed by atoms with Gasteiger partial charge in [-0.05, 0) is 121 Å². The average molecular weight is 1100 g/mol. The number of halogens is 1. The minimum atomic E-state index is -0.545. The summed E-state index contributed by atoms with van der Waals surface area (Å²) in [5.74, 6) is 1.11. The molecule has 2 N–H and O–H groups in total. The summed E-state index contributed by atoms with van der Waals surface area (Å²) in [6.45, 7) is 21.4. The Balaban J connectivity index is 0.000000176. The zero-order valence-electron chi connectivity index (χ0n) is 44.3. The zero-order chi connectivity index (χ0) is 55.2. The fourth-order valence-corrected chi connectivity index (χ4v) is 8.51. The molecule has 2 amide bonds. The maximum absolute atomic E-state index is 12.3. The summed E-state index contributed by atoms with van der Waals surface area (Å²) in [6, 6.07) is 15.5. The van der Waals surface area contributed by atoms with E-state index < -0.39 is 18.3 Å². The van der Waals surface area contributed by atoms with Crippen LogP contribution in [-0.4, -0.2) is 144 Å². The zero-order valence-corrected chi connectivity index (χ0v) is 45.9. The minimum Gasteiger partial charge on any atom is -0.490 e. The van der Waals surface area contributed by atoms with E-state index >= 15 is 0 Å². The summed E-state index contributed by atoms with van der Waals surface area (Å²) in [7, 11) is -0.424. The molecule has 1 saturated heterocycles. The quantitative estimate of drug-likeness (QED) is 0.125. The van der Waals surface area contributed by atoms with Gasteiger partial charge in [-0.25, -0.2) is 18.6 Å². The molecule has 0 aromatic carbocycles. The third-order valence-electron chi connectivity index (χ3n) is 12.3. The average Bonchev–Trinajstić information content (AvgIpc) is 4.24. The number of carbonyl (C=O) groups is 2. The molecule has 20 nitrogen and oxygen atoms in total. The van der Waals surface area contributed by atoms with Crippen LogP contribution in [0.3, 0.4) is 0 Å². The molecule has 6 aromatic rings. The topological polar surface area (TPSA) is 244 Å². The Morgan fingerprint density at radius 2 is 1.18 bits per heavy atom. The third-order valence-corrected chi connectivity index (χ3v) is 12.9. The lowest BCUT2D eigenvalue weighted by atomic mass is 9.80. The van der Waals surface area contributed by atoms with Crippen LogP contribution in [0.4, 0.5) is 9.59 Å². The predicted molar refractivity (Wildman–Crippen MR) is 287 cm³/mol. The fraction of sp³-hybridized carbons (Fsp3) is 0.407. The number of carbonyl (C=O) groups excluding carboxylic acids is 2. The van der Waals surface area contributed by atoms with Crippen LogP contribution in [-0.2, 0) is 18.8 Å². The standard InChI is InChI=1S/C24H25N5O4.C20H29BN2O4.C10H8BrN3O2/c1-24(2,3)33-23(31)28-7-6-17(14-28)21-5-4-16(12-26-21)20-10-19(32-9-8-30)15-29-22(20)18(11-25)13-27-29;1-18(2,3)25-17(24)23-11-10-14(13-23)16-9-8-15(12-22-16)21-26-19(4,5)20(6,7)27-21;11-9-3-8(16-2-1-15)6-14-10(9)7(4-12)5-13-14/h4-6,10,12-13,15,30H,7-9,14H2,1-3H3;8-10,12H,11,13H2,1-7H3;3,5-6,15H,1-2H2. The van der Waals surface area contributed by atoms with Crippen LogP contribution in [0.1, 0.15) is 91.8 Å². The number of fused-ring (bicyclic) bond motifs is 2. The lowest BCUT2D eigenvalue weighted by Crippen LogP contribution is -2.41. The number of hydrogen-bond donors (Lipinski definition) is 2. The molecule has 0 bridgehead atoms. The van der Waals surface area contributed by atoms with Crippen LogP contribution in [0.15, 0.2) is 90.2 Å². The Hall–Kier alpha value is -7.34. The number of pyridine rings is 4. The van der Waals surface area contributed by atoms with Gasteiger partial charge in [0, 0.05) is 46.5 Å². The van der Waals surface area contributed by atoms with Gasteiger partial charge in [-0.15, -0.1) is 0 Å². The summed E-state index contributed by atoms with van der Waals surface area (Å²) in [5, 5.41) is 44.4. The van der Waals surface area contributed by atoms with E-state index in [1.165, 1.54) is 12.4 Å². The lowest BCUT2D eigenvalue weighted by Gasteiger charge is -2.32. The molecule has 1 fully saturated rings. The van der Waals surface area contributed by atoms with Gasteiger partial charge < -0.3 is 48.3 Å². The largest absolute Gasteiger partial charge is 0.496 e. The Morgan fingerprint density at radius 3 is 1.63 bits per heavy atom. The molecule has 0 aliphatic carbocycles. The predicted octanol–water partition coefficient (Wildman–Crippen LogP) is 7.63. The normalized spacial score (nSPS) is 15.7. The SMILES string of the molecule is CC(C)(C)OC(=O)N1CC=C(c2ccc(-c3cc(OCCO)cn4ncc(C#N)c34)cn2)C1.CC(C)(C)OC(=O)N1CC=C(c2ccc(B3OC(C)(C)C(C)(C)O3)cn2)C1.N#Cc1cnn2cc(OCCO)cc(Br)c12. The van der Waals surface area contributed by atoms with Gasteiger partial charge in [0.1, 0.15) is 48.1 Å². The molecule has 0 saturated carbocycles. The molecule has 0 spiro atoms. The summed E-state index contributed by atoms with van der Waals surface area (Å²) < 4.78 is 37.7. The second-order valence-corrected chi connectivity index (χ2v) is 21.7. The van der Waals surface area contributed by atoms with E-state index in [9.17, 15) is 14.9 Å². The molecule has 9 rings (SSSR count). The van der Waals surface area contributed by atoms with Crippen LogP contribution in [0.2, 0.25) is 0 Å². The summed E-state index contributed by atoms with van der Waals surface area (Å²) >= 11 is 3.36. The molecule has 0 atom stereocenters. The highest BCUT2D eigenvalue weighted by Crippen LogP contribution is 2.37. The molecule has 0 unspecified atom stereocenters. The van der Waals surface area contributed by atoms with Crippen molar-refractivity contribution in [2.45, 2.75) is 91.6 Å². The molecular weight excluding hydrogens is 1040 g/mol. The van der Waals surface area contributed by atoms with Gasteiger partial charge in [-0.1, -0.05) is 24.3 Å². The lowest BCUT2D eigenvalue weighted by molar-refractivity contribution is 0.00578. The molecule has 0 radical (unpaired) electrons. The number of nitriles is 2. The minimum absolute atomic E-state index is 0.0434. The summed E-state index contributed by atoms with van der Waals surface area (Å²) in [5.41, 5.74) is 6.50. The van der Waals surface area contributed by atoms with Gasteiger partial charge in [0.15, 0.2) is 0 Å². The highest BCUT2D eigenvalue weighted by atomic mass is 79.9. The number of aliphatic hydroxyl groups is 2. The number of aliphatic hydroxyl groups excluding tert-OH is 2. The molecule has 3 aliphatic rings. The van der Waals surface area contributed by atoms with Gasteiger partial charge in [0.05, 0.1) is 95.8 Å². The highest BCUT2D eigenvalue weighted by molar-refractivity contribution is 9.10. The van der Waals surface area contributed by atoms with E-state index in [4.69, 9.17) is 43.7 Å². The molecule has 22 heteroatoms. The van der Waals surface area contributed by atoms with Gasteiger partial charge >= 0.3 is 19.3 Å². The summed E-state index contributed by atoms with van der Waals surface area (Å²) in [6.07, 6.45) is 13.2. The van der Waals surface area contributed by atoms with Crippen molar-refractivity contribution in [3.05, 3.63) is 113 Å². The monoisotopic (exact) mass is 1100 g/mol. The van der Waals surface area contributed by atoms with Crippen LogP contribution < -0.4 is 14.9 Å². The van der Waals surface area contributed by atoms with Gasteiger partial charge in [-0.2, -0.15) is 20.7 Å². The van der Waals surface area contributed by atoms with E-state index in [2.05, 4.69) is 48.2 Å². The molecular formula is C54H62BBrN10O10. The molecule has 76 heavy (non-hydrogen) atoms. The third kappa shape index (κ3) is 13.5. The number of ether oxygens (including phenoxy) is 4. The van der Waals surface area contributed by atoms with E-state index in [1.807, 2.05) is 112 Å². The Labute approximate surface area is 450 Å². The number of aromatic nitrogens is 6. The smallest absolute Gasteiger partial charge is 0.490 e. The van der Waals surface area contributed by atoms with E-state index in [-0.39, 0.29) is 49.8 Å². The fourth-order valence-electron chi connectivity index (χ4n) is 7.88. The first kappa shape index (κ1) is 56.4. The van der Waals surface area contributed by atoms with E-state index in [0.29, 0.717) is 59.8 Å². The van der Waals surface area contributed by atoms with Crippen molar-refractivity contribution in [2.24, 2.45) is 0 Å². The Morgan fingerprint density at radius 1 is 0.711 bits per heavy atom. The Bertz CT molecular complexity index is 3200. The first-order valence-corrected chi connectivity index (χ1v) is 25.3. The van der Waals surface area contributed by atoms with Crippen LogP contribution >= 0.6 is 15.9 Å². The number of amides is 2. The maximum atomic E-state index is 12.3. The number of rotatable bonds is 10. The van der Waals surface area contributed by atoms with E-state index in [0.717, 1.165) is 43.6 Å². The second kappa shape index (κ2) is 23.3. The van der Waals surface area contributed by atoms with Crippen molar-refractivity contribution < 1.29 is 48.1 Å². The van der Waals surface area contributed by atoms with Crippen molar-refractivity contribution in [1.82, 2.24) is 39.0 Å². The highest BCUT2D eigenvalue weighted by Gasteiger charge is 2.52. The van der Waals surface area contributed by atoms with Crippen molar-refractivity contribution in [3.8, 4) is 34.8 Å². The van der Waals surface area contributed by atoms with Crippen LogP contribution in [0.5, 0.6) is 11.5 Å². The molecule has 398 valence electrons.